The third-order valence-electron chi connectivity index (χ3n) is 3.71. The Kier molecular flexibility index (Phi) is 3.70. The molecular formula is C17H14N6O2. The minimum absolute atomic E-state index is 0.0560. The van der Waals surface area contributed by atoms with Gasteiger partial charge in [-0.3, -0.25) is 4.79 Å². The SMILES string of the molecule is Cc1noc2ncc(NC(=O)Cn3cc(-c4ccccc4)nn3)cc12. The Morgan fingerprint density at radius 3 is 2.96 bits per heavy atom. The number of benzene rings is 1. The zero-order valence-corrected chi connectivity index (χ0v) is 13.4. The maximum absolute atomic E-state index is 12.2. The minimum Gasteiger partial charge on any atom is -0.336 e. The zero-order chi connectivity index (χ0) is 17.2. The molecule has 0 saturated heterocycles. The number of fused-ring (bicyclic) bond motifs is 1. The molecule has 3 aromatic heterocycles. The van der Waals surface area contributed by atoms with Crippen molar-refractivity contribution in [2.45, 2.75) is 13.5 Å². The number of anilines is 1. The number of carbonyl (C=O) groups excluding carboxylic acids is 1. The molecule has 8 nitrogen and oxygen atoms in total. The highest BCUT2D eigenvalue weighted by molar-refractivity contribution is 5.92. The molecule has 0 unspecified atom stereocenters. The van der Waals surface area contributed by atoms with E-state index in [1.165, 1.54) is 10.9 Å². The summed E-state index contributed by atoms with van der Waals surface area (Å²) in [6.45, 7) is 1.88. The molecule has 0 aliphatic heterocycles. The van der Waals surface area contributed by atoms with Crippen molar-refractivity contribution in [3.05, 3.63) is 54.5 Å². The summed E-state index contributed by atoms with van der Waals surface area (Å²) in [7, 11) is 0. The van der Waals surface area contributed by atoms with Gasteiger partial charge in [0, 0.05) is 5.56 Å². The lowest BCUT2D eigenvalue weighted by atomic mass is 10.2. The van der Waals surface area contributed by atoms with Gasteiger partial charge in [0.2, 0.25) is 5.91 Å². The maximum Gasteiger partial charge on any atom is 0.258 e. The van der Waals surface area contributed by atoms with Crippen LogP contribution in [-0.4, -0.2) is 31.0 Å². The Balaban J connectivity index is 1.46. The fourth-order valence-corrected chi connectivity index (χ4v) is 2.48. The molecule has 25 heavy (non-hydrogen) atoms. The predicted molar refractivity (Wildman–Crippen MR) is 90.6 cm³/mol. The van der Waals surface area contributed by atoms with Crippen molar-refractivity contribution in [2.75, 3.05) is 5.32 Å². The van der Waals surface area contributed by atoms with Gasteiger partial charge < -0.3 is 9.84 Å². The standard InChI is InChI=1S/C17H14N6O2/c1-11-14-7-13(8-18-17(14)25-21-11)19-16(24)10-23-9-15(20-22-23)12-5-3-2-4-6-12/h2-9H,10H2,1H3,(H,19,24). The van der Waals surface area contributed by atoms with Crippen molar-refractivity contribution < 1.29 is 9.32 Å². The van der Waals surface area contributed by atoms with Crippen LogP contribution in [0, 0.1) is 6.92 Å². The number of rotatable bonds is 4. The van der Waals surface area contributed by atoms with E-state index >= 15 is 0 Å². The highest BCUT2D eigenvalue weighted by Crippen LogP contribution is 2.19. The maximum atomic E-state index is 12.2. The zero-order valence-electron chi connectivity index (χ0n) is 13.4. The molecule has 1 N–H and O–H groups in total. The van der Waals surface area contributed by atoms with Crippen LogP contribution in [0.5, 0.6) is 0 Å². The Morgan fingerprint density at radius 1 is 1.28 bits per heavy atom. The summed E-state index contributed by atoms with van der Waals surface area (Å²) in [6.07, 6.45) is 3.27. The molecule has 0 bridgehead atoms. The molecule has 0 aliphatic rings. The van der Waals surface area contributed by atoms with E-state index in [-0.39, 0.29) is 12.5 Å². The van der Waals surface area contributed by atoms with Gasteiger partial charge in [0.25, 0.3) is 5.71 Å². The summed E-state index contributed by atoms with van der Waals surface area (Å²) in [6, 6.07) is 11.5. The quantitative estimate of drug-likeness (QED) is 0.615. The third-order valence-corrected chi connectivity index (χ3v) is 3.71. The molecule has 0 spiro atoms. The van der Waals surface area contributed by atoms with E-state index in [0.717, 1.165) is 22.3 Å². The van der Waals surface area contributed by atoms with Crippen molar-refractivity contribution in [1.82, 2.24) is 25.1 Å². The van der Waals surface area contributed by atoms with Crippen LogP contribution in [0.4, 0.5) is 5.69 Å². The molecule has 8 heteroatoms. The first-order valence-corrected chi connectivity index (χ1v) is 7.66. The number of pyridine rings is 1. The van der Waals surface area contributed by atoms with Crippen molar-refractivity contribution in [1.29, 1.82) is 0 Å². The number of aryl methyl sites for hydroxylation is 1. The monoisotopic (exact) mass is 334 g/mol. The molecule has 0 radical (unpaired) electrons. The number of carbonyl (C=O) groups is 1. The highest BCUT2D eigenvalue weighted by atomic mass is 16.5. The van der Waals surface area contributed by atoms with Crippen LogP contribution in [0.1, 0.15) is 5.69 Å². The summed E-state index contributed by atoms with van der Waals surface area (Å²) in [5.74, 6) is -0.222. The summed E-state index contributed by atoms with van der Waals surface area (Å²) in [5, 5.41) is 15.5. The lowest BCUT2D eigenvalue weighted by molar-refractivity contribution is -0.116. The number of hydrogen-bond acceptors (Lipinski definition) is 6. The van der Waals surface area contributed by atoms with Crippen LogP contribution in [0.25, 0.3) is 22.4 Å². The molecule has 0 aliphatic carbocycles. The van der Waals surface area contributed by atoms with Gasteiger partial charge in [-0.2, -0.15) is 0 Å². The first-order valence-electron chi connectivity index (χ1n) is 7.66. The first-order chi connectivity index (χ1) is 12.2. The Hall–Kier alpha value is -3.55. The van der Waals surface area contributed by atoms with Gasteiger partial charge in [0.1, 0.15) is 12.2 Å². The molecule has 0 saturated carbocycles. The molecule has 1 amide bonds. The molecule has 4 rings (SSSR count). The second kappa shape index (κ2) is 6.16. The van der Waals surface area contributed by atoms with Crippen LogP contribution >= 0.6 is 0 Å². The Bertz CT molecular complexity index is 1040. The summed E-state index contributed by atoms with van der Waals surface area (Å²) < 4.78 is 6.55. The average Bonchev–Trinajstić information content (AvgIpc) is 3.23. The van der Waals surface area contributed by atoms with Gasteiger partial charge in [-0.05, 0) is 13.0 Å². The summed E-state index contributed by atoms with van der Waals surface area (Å²) in [4.78, 5) is 16.3. The van der Waals surface area contributed by atoms with Crippen LogP contribution in [0.3, 0.4) is 0 Å². The molecule has 4 aromatic rings. The van der Waals surface area contributed by atoms with Crippen LogP contribution in [0.15, 0.2) is 53.3 Å². The number of nitrogens with one attached hydrogen (secondary N) is 1. The van der Waals surface area contributed by atoms with E-state index in [2.05, 4.69) is 25.8 Å². The molecular weight excluding hydrogens is 320 g/mol. The second-order valence-corrected chi connectivity index (χ2v) is 5.56. The van der Waals surface area contributed by atoms with E-state index in [1.807, 2.05) is 37.3 Å². The average molecular weight is 334 g/mol. The number of nitrogens with zero attached hydrogens (tertiary/aromatic N) is 5. The summed E-state index contributed by atoms with van der Waals surface area (Å²) >= 11 is 0. The molecule has 124 valence electrons. The highest BCUT2D eigenvalue weighted by Gasteiger charge is 2.10. The fraction of sp³-hybridized carbons (Fsp3) is 0.118. The van der Waals surface area contributed by atoms with Crippen molar-refractivity contribution in [3.63, 3.8) is 0 Å². The lowest BCUT2D eigenvalue weighted by Gasteiger charge is -2.04. The van der Waals surface area contributed by atoms with Crippen molar-refractivity contribution in [2.24, 2.45) is 0 Å². The molecule has 1 aromatic carbocycles. The van der Waals surface area contributed by atoms with E-state index in [4.69, 9.17) is 4.52 Å². The topological polar surface area (TPSA) is 98.7 Å². The van der Waals surface area contributed by atoms with Gasteiger partial charge in [0.15, 0.2) is 0 Å². The normalized spacial score (nSPS) is 10.9. The van der Waals surface area contributed by atoms with E-state index in [9.17, 15) is 4.79 Å². The van der Waals surface area contributed by atoms with Crippen LogP contribution < -0.4 is 5.32 Å². The van der Waals surface area contributed by atoms with E-state index in [1.54, 1.807) is 12.3 Å². The van der Waals surface area contributed by atoms with Crippen molar-refractivity contribution >= 4 is 22.7 Å². The van der Waals surface area contributed by atoms with Crippen molar-refractivity contribution in [3.8, 4) is 11.3 Å². The number of aromatic nitrogens is 5. The van der Waals surface area contributed by atoms with E-state index < -0.39 is 0 Å². The molecule has 0 fully saturated rings. The fourth-order valence-electron chi connectivity index (χ4n) is 2.48. The third kappa shape index (κ3) is 3.09. The molecule has 0 atom stereocenters. The van der Waals surface area contributed by atoms with Crippen LogP contribution in [0.2, 0.25) is 0 Å². The number of amides is 1. The smallest absolute Gasteiger partial charge is 0.258 e. The summed E-state index contributed by atoms with van der Waals surface area (Å²) in [5.41, 5.74) is 3.41. The van der Waals surface area contributed by atoms with Gasteiger partial charge in [-0.1, -0.05) is 40.7 Å². The van der Waals surface area contributed by atoms with Crippen LogP contribution in [-0.2, 0) is 11.3 Å². The first kappa shape index (κ1) is 15.0. The van der Waals surface area contributed by atoms with Gasteiger partial charge in [-0.25, -0.2) is 9.67 Å². The molecule has 3 heterocycles. The predicted octanol–water partition coefficient (Wildman–Crippen LogP) is 2.43. The van der Waals surface area contributed by atoms with Gasteiger partial charge >= 0.3 is 0 Å². The lowest BCUT2D eigenvalue weighted by Crippen LogP contribution is -2.19. The minimum atomic E-state index is -0.222. The Labute approximate surface area is 142 Å². The number of hydrogen-bond donors (Lipinski definition) is 1. The van der Waals surface area contributed by atoms with Gasteiger partial charge in [-0.15, -0.1) is 5.10 Å². The van der Waals surface area contributed by atoms with Gasteiger partial charge in [0.05, 0.1) is 29.2 Å². The Morgan fingerprint density at radius 2 is 2.12 bits per heavy atom. The second-order valence-electron chi connectivity index (χ2n) is 5.56. The largest absolute Gasteiger partial charge is 0.336 e. The van der Waals surface area contributed by atoms with E-state index in [0.29, 0.717) is 11.4 Å².